The van der Waals surface area contributed by atoms with Gasteiger partial charge in [0.15, 0.2) is 5.78 Å². The van der Waals surface area contributed by atoms with Crippen molar-refractivity contribution in [2.24, 2.45) is 0 Å². The number of carbonyl (C=O) groups is 2. The maximum absolute atomic E-state index is 12.4. The van der Waals surface area contributed by atoms with Crippen molar-refractivity contribution in [3.63, 3.8) is 0 Å². The molecule has 0 aliphatic rings. The van der Waals surface area contributed by atoms with Gasteiger partial charge in [0.25, 0.3) is 5.91 Å². The Labute approximate surface area is 140 Å². The topological polar surface area (TPSA) is 64.6 Å². The highest BCUT2D eigenvalue weighted by molar-refractivity contribution is 6.25. The minimum absolute atomic E-state index is 0.0796. The standard InChI is InChI=1S/C19H19NO4/c1-13(21)18(12-14-4-8-16(23-2)9-5-14)19(22)20-15-6-10-17(24-3)11-7-15/h4-12H,1-3H3,(H,20,22)/b18-12-. The molecule has 124 valence electrons. The van der Waals surface area contributed by atoms with Crippen LogP contribution >= 0.6 is 0 Å². The van der Waals surface area contributed by atoms with Crippen LogP contribution in [-0.2, 0) is 9.59 Å². The van der Waals surface area contributed by atoms with Gasteiger partial charge in [-0.15, -0.1) is 0 Å². The summed E-state index contributed by atoms with van der Waals surface area (Å²) in [5, 5.41) is 2.71. The summed E-state index contributed by atoms with van der Waals surface area (Å²) in [7, 11) is 3.15. The molecule has 0 saturated carbocycles. The van der Waals surface area contributed by atoms with Gasteiger partial charge in [-0.05, 0) is 55.0 Å². The van der Waals surface area contributed by atoms with Crippen LogP contribution in [0.2, 0.25) is 0 Å². The van der Waals surface area contributed by atoms with E-state index in [2.05, 4.69) is 5.32 Å². The van der Waals surface area contributed by atoms with Gasteiger partial charge >= 0.3 is 0 Å². The normalized spacial score (nSPS) is 10.9. The summed E-state index contributed by atoms with van der Waals surface area (Å²) in [5.41, 5.74) is 1.41. The van der Waals surface area contributed by atoms with Gasteiger partial charge in [0.1, 0.15) is 11.5 Å². The smallest absolute Gasteiger partial charge is 0.259 e. The molecule has 2 aromatic rings. The van der Waals surface area contributed by atoms with Crippen LogP contribution in [0.5, 0.6) is 11.5 Å². The Hall–Kier alpha value is -3.08. The molecular weight excluding hydrogens is 306 g/mol. The van der Waals surface area contributed by atoms with E-state index < -0.39 is 5.91 Å². The number of Topliss-reactive ketones (excluding diaryl/α,β-unsaturated/α-hetero) is 1. The number of benzene rings is 2. The van der Waals surface area contributed by atoms with Crippen LogP contribution in [-0.4, -0.2) is 25.9 Å². The number of nitrogens with one attached hydrogen (secondary N) is 1. The van der Waals surface area contributed by atoms with Gasteiger partial charge in [0.2, 0.25) is 0 Å². The van der Waals surface area contributed by atoms with E-state index in [1.165, 1.54) is 6.92 Å². The van der Waals surface area contributed by atoms with Crippen molar-refractivity contribution in [2.75, 3.05) is 19.5 Å². The van der Waals surface area contributed by atoms with E-state index in [4.69, 9.17) is 9.47 Å². The lowest BCUT2D eigenvalue weighted by Gasteiger charge is -2.08. The van der Waals surface area contributed by atoms with E-state index in [0.29, 0.717) is 17.2 Å². The Kier molecular flexibility index (Phi) is 5.73. The summed E-state index contributed by atoms with van der Waals surface area (Å²) >= 11 is 0. The highest BCUT2D eigenvalue weighted by Crippen LogP contribution is 2.18. The van der Waals surface area contributed by atoms with Gasteiger partial charge in [-0.25, -0.2) is 0 Å². The third-order valence-electron chi connectivity index (χ3n) is 3.40. The fourth-order valence-corrected chi connectivity index (χ4v) is 2.07. The van der Waals surface area contributed by atoms with Crippen molar-refractivity contribution in [1.29, 1.82) is 0 Å². The van der Waals surface area contributed by atoms with Gasteiger partial charge < -0.3 is 14.8 Å². The maximum atomic E-state index is 12.4. The van der Waals surface area contributed by atoms with Crippen LogP contribution in [0, 0.1) is 0 Å². The summed E-state index contributed by atoms with van der Waals surface area (Å²) in [6, 6.07) is 14.0. The second kappa shape index (κ2) is 7.97. The zero-order valence-electron chi connectivity index (χ0n) is 13.8. The average Bonchev–Trinajstić information content (AvgIpc) is 2.60. The molecular formula is C19H19NO4. The lowest BCUT2D eigenvalue weighted by atomic mass is 10.1. The number of hydrogen-bond acceptors (Lipinski definition) is 4. The second-order valence-electron chi connectivity index (χ2n) is 5.07. The molecule has 5 heteroatoms. The molecule has 0 atom stereocenters. The van der Waals surface area contributed by atoms with Gasteiger partial charge in [-0.3, -0.25) is 9.59 Å². The zero-order chi connectivity index (χ0) is 17.5. The largest absolute Gasteiger partial charge is 0.497 e. The molecule has 0 aromatic heterocycles. The number of anilines is 1. The first kappa shape index (κ1) is 17.3. The van der Waals surface area contributed by atoms with Crippen molar-refractivity contribution >= 4 is 23.5 Å². The van der Waals surface area contributed by atoms with E-state index in [9.17, 15) is 9.59 Å². The van der Waals surface area contributed by atoms with Gasteiger partial charge in [0, 0.05) is 5.69 Å². The Bertz CT molecular complexity index is 746. The van der Waals surface area contributed by atoms with Crippen molar-refractivity contribution < 1.29 is 19.1 Å². The van der Waals surface area contributed by atoms with E-state index in [1.54, 1.807) is 68.8 Å². The highest BCUT2D eigenvalue weighted by Gasteiger charge is 2.14. The van der Waals surface area contributed by atoms with E-state index in [0.717, 1.165) is 5.56 Å². The van der Waals surface area contributed by atoms with E-state index >= 15 is 0 Å². The number of rotatable bonds is 6. The lowest BCUT2D eigenvalue weighted by Crippen LogP contribution is -2.18. The average molecular weight is 325 g/mol. The van der Waals surface area contributed by atoms with Crippen molar-refractivity contribution in [1.82, 2.24) is 0 Å². The minimum atomic E-state index is -0.455. The van der Waals surface area contributed by atoms with Crippen LogP contribution in [0.15, 0.2) is 54.1 Å². The molecule has 0 unspecified atom stereocenters. The predicted octanol–water partition coefficient (Wildman–Crippen LogP) is 3.31. The lowest BCUT2D eigenvalue weighted by molar-refractivity contribution is -0.118. The van der Waals surface area contributed by atoms with Gasteiger partial charge in [-0.1, -0.05) is 12.1 Å². The summed E-state index contributed by atoms with van der Waals surface area (Å²) in [6.45, 7) is 1.36. The molecule has 1 N–H and O–H groups in total. The maximum Gasteiger partial charge on any atom is 0.259 e. The van der Waals surface area contributed by atoms with Crippen molar-refractivity contribution in [2.45, 2.75) is 6.92 Å². The Morgan fingerprint density at radius 3 is 1.83 bits per heavy atom. The zero-order valence-corrected chi connectivity index (χ0v) is 13.8. The summed E-state index contributed by atoms with van der Waals surface area (Å²) < 4.78 is 10.2. The number of methoxy groups -OCH3 is 2. The Morgan fingerprint density at radius 2 is 1.38 bits per heavy atom. The quantitative estimate of drug-likeness (QED) is 0.503. The number of carbonyl (C=O) groups excluding carboxylic acids is 2. The predicted molar refractivity (Wildman–Crippen MR) is 93.3 cm³/mol. The molecule has 0 aliphatic heterocycles. The second-order valence-corrected chi connectivity index (χ2v) is 5.07. The molecule has 0 bridgehead atoms. The van der Waals surface area contributed by atoms with E-state index in [1.807, 2.05) is 0 Å². The summed E-state index contributed by atoms with van der Waals surface area (Å²) in [4.78, 5) is 24.2. The van der Waals surface area contributed by atoms with Gasteiger partial charge in [-0.2, -0.15) is 0 Å². The monoisotopic (exact) mass is 325 g/mol. The van der Waals surface area contributed by atoms with Crippen molar-refractivity contribution in [3.05, 3.63) is 59.7 Å². The first-order valence-electron chi connectivity index (χ1n) is 7.35. The third kappa shape index (κ3) is 4.46. The van der Waals surface area contributed by atoms with Gasteiger partial charge in [0.05, 0.1) is 19.8 Å². The molecule has 0 heterocycles. The fraction of sp³-hybridized carbons (Fsp3) is 0.158. The Balaban J connectivity index is 2.20. The molecule has 5 nitrogen and oxygen atoms in total. The molecule has 1 amide bonds. The molecule has 0 radical (unpaired) electrons. The molecule has 0 aliphatic carbocycles. The third-order valence-corrected chi connectivity index (χ3v) is 3.40. The Morgan fingerprint density at radius 1 is 0.875 bits per heavy atom. The van der Waals surface area contributed by atoms with Crippen LogP contribution in [0.3, 0.4) is 0 Å². The minimum Gasteiger partial charge on any atom is -0.497 e. The summed E-state index contributed by atoms with van der Waals surface area (Å²) in [5.74, 6) is 0.632. The first-order valence-corrected chi connectivity index (χ1v) is 7.35. The van der Waals surface area contributed by atoms with Crippen LogP contribution < -0.4 is 14.8 Å². The summed E-state index contributed by atoms with van der Waals surface area (Å²) in [6.07, 6.45) is 1.56. The molecule has 0 spiro atoms. The van der Waals surface area contributed by atoms with Crippen LogP contribution in [0.25, 0.3) is 6.08 Å². The molecule has 0 fully saturated rings. The molecule has 0 saturated heterocycles. The number of ether oxygens (including phenoxy) is 2. The van der Waals surface area contributed by atoms with Crippen LogP contribution in [0.4, 0.5) is 5.69 Å². The first-order chi connectivity index (χ1) is 11.5. The SMILES string of the molecule is COc1ccc(/C=C(/C(C)=O)C(=O)Nc2ccc(OC)cc2)cc1. The van der Waals surface area contributed by atoms with Crippen LogP contribution in [0.1, 0.15) is 12.5 Å². The molecule has 2 aromatic carbocycles. The number of amides is 1. The number of hydrogen-bond donors (Lipinski definition) is 1. The number of ketones is 1. The van der Waals surface area contributed by atoms with Crippen molar-refractivity contribution in [3.8, 4) is 11.5 Å². The molecule has 2 rings (SSSR count). The fourth-order valence-electron chi connectivity index (χ4n) is 2.07. The molecule has 24 heavy (non-hydrogen) atoms. The van der Waals surface area contributed by atoms with E-state index in [-0.39, 0.29) is 11.4 Å². The highest BCUT2D eigenvalue weighted by atomic mass is 16.5.